The molecule has 3 rings (SSSR count). The number of amides is 1. The fourth-order valence-corrected chi connectivity index (χ4v) is 3.00. The summed E-state index contributed by atoms with van der Waals surface area (Å²) in [7, 11) is 0. The third kappa shape index (κ3) is 2.88. The molecule has 3 nitrogen and oxygen atoms in total. The summed E-state index contributed by atoms with van der Waals surface area (Å²) in [6, 6.07) is 13.9. The van der Waals surface area contributed by atoms with E-state index in [0.29, 0.717) is 5.56 Å². The maximum absolute atomic E-state index is 12.6. The number of carbonyl (C=O) groups is 1. The van der Waals surface area contributed by atoms with Gasteiger partial charge in [0, 0.05) is 11.4 Å². The summed E-state index contributed by atoms with van der Waals surface area (Å²) in [5, 5.41) is 5.96. The molecule has 1 amide bonds. The Bertz CT molecular complexity index is 796. The average Bonchev–Trinajstić information content (AvgIpc) is 3.08. The van der Waals surface area contributed by atoms with Crippen LogP contribution in [0.1, 0.15) is 30.6 Å². The van der Waals surface area contributed by atoms with Crippen LogP contribution in [-0.4, -0.2) is 16.9 Å². The van der Waals surface area contributed by atoms with E-state index in [0.717, 1.165) is 27.9 Å². The molecule has 0 bridgehead atoms. The van der Waals surface area contributed by atoms with E-state index in [1.165, 1.54) is 0 Å². The number of rotatable bonds is 4. The number of benzene rings is 1. The minimum atomic E-state index is -0.0363. The molecule has 0 saturated heterocycles. The van der Waals surface area contributed by atoms with Gasteiger partial charge in [-0.1, -0.05) is 31.2 Å². The molecule has 0 radical (unpaired) electrons. The lowest BCUT2D eigenvalue weighted by molar-refractivity contribution is 0.0941. The van der Waals surface area contributed by atoms with E-state index < -0.39 is 0 Å². The summed E-state index contributed by atoms with van der Waals surface area (Å²) in [5.41, 5.74) is 2.39. The predicted molar refractivity (Wildman–Crippen MR) is 92.3 cm³/mol. The van der Waals surface area contributed by atoms with Crippen LogP contribution in [0.3, 0.4) is 0 Å². The number of hydrogen-bond donors (Lipinski definition) is 1. The van der Waals surface area contributed by atoms with Gasteiger partial charge in [-0.05, 0) is 36.9 Å². The third-order valence-electron chi connectivity index (χ3n) is 3.72. The van der Waals surface area contributed by atoms with E-state index in [2.05, 4.69) is 12.2 Å². The molecule has 0 aliphatic rings. The summed E-state index contributed by atoms with van der Waals surface area (Å²) in [6.07, 6.45) is 0.909. The van der Waals surface area contributed by atoms with Crippen LogP contribution in [0.2, 0.25) is 0 Å². The Balaban J connectivity index is 2.12. The first-order valence-corrected chi connectivity index (χ1v) is 8.31. The molecule has 0 aliphatic heterocycles. The molecular formula is C18H18N2OS. The van der Waals surface area contributed by atoms with Crippen LogP contribution >= 0.6 is 11.3 Å². The van der Waals surface area contributed by atoms with Crippen molar-refractivity contribution in [2.75, 3.05) is 0 Å². The van der Waals surface area contributed by atoms with Crippen LogP contribution < -0.4 is 5.32 Å². The zero-order valence-electron chi connectivity index (χ0n) is 12.7. The molecule has 0 saturated carbocycles. The number of nitrogens with one attached hydrogen (secondary N) is 1. The van der Waals surface area contributed by atoms with Gasteiger partial charge in [0.2, 0.25) is 0 Å². The zero-order valence-corrected chi connectivity index (χ0v) is 13.5. The van der Waals surface area contributed by atoms with Crippen molar-refractivity contribution in [3.8, 4) is 10.6 Å². The SMILES string of the molecule is CCC(C)NC(=O)c1cc(-c2cccs2)nc2ccccc12. The molecule has 4 heteroatoms. The van der Waals surface area contributed by atoms with Crippen molar-refractivity contribution in [2.45, 2.75) is 26.3 Å². The van der Waals surface area contributed by atoms with Gasteiger partial charge in [0.15, 0.2) is 0 Å². The maximum Gasteiger partial charge on any atom is 0.252 e. The summed E-state index contributed by atoms with van der Waals surface area (Å²) < 4.78 is 0. The fourth-order valence-electron chi connectivity index (χ4n) is 2.32. The molecule has 2 heterocycles. The minimum absolute atomic E-state index is 0.0363. The Labute approximate surface area is 134 Å². The van der Waals surface area contributed by atoms with Crippen LogP contribution in [0.4, 0.5) is 0 Å². The summed E-state index contributed by atoms with van der Waals surface area (Å²) >= 11 is 1.63. The Morgan fingerprint density at radius 2 is 2.09 bits per heavy atom. The Morgan fingerprint density at radius 3 is 2.82 bits per heavy atom. The number of thiophene rings is 1. The van der Waals surface area contributed by atoms with Crippen LogP contribution in [0.15, 0.2) is 47.8 Å². The smallest absolute Gasteiger partial charge is 0.252 e. The second kappa shape index (κ2) is 6.28. The van der Waals surface area contributed by atoms with E-state index in [9.17, 15) is 4.79 Å². The highest BCUT2D eigenvalue weighted by molar-refractivity contribution is 7.13. The largest absolute Gasteiger partial charge is 0.350 e. The first-order chi connectivity index (χ1) is 10.7. The average molecular weight is 310 g/mol. The Kier molecular flexibility index (Phi) is 4.20. The van der Waals surface area contributed by atoms with Crippen molar-refractivity contribution in [2.24, 2.45) is 0 Å². The lowest BCUT2D eigenvalue weighted by Crippen LogP contribution is -2.32. The number of fused-ring (bicyclic) bond motifs is 1. The molecule has 1 atom stereocenters. The molecule has 1 unspecified atom stereocenters. The van der Waals surface area contributed by atoms with Crippen molar-refractivity contribution in [1.82, 2.24) is 10.3 Å². The normalized spacial score (nSPS) is 12.3. The van der Waals surface area contributed by atoms with E-state index >= 15 is 0 Å². The summed E-state index contributed by atoms with van der Waals surface area (Å²) in [5.74, 6) is -0.0363. The highest BCUT2D eigenvalue weighted by atomic mass is 32.1. The monoisotopic (exact) mass is 310 g/mol. The topological polar surface area (TPSA) is 42.0 Å². The van der Waals surface area contributed by atoms with E-state index in [1.54, 1.807) is 11.3 Å². The Hall–Kier alpha value is -2.20. The van der Waals surface area contributed by atoms with Crippen LogP contribution in [0, 0.1) is 0 Å². The molecule has 2 aromatic heterocycles. The molecule has 0 spiro atoms. The minimum Gasteiger partial charge on any atom is -0.350 e. The van der Waals surface area contributed by atoms with Gasteiger partial charge in [0.25, 0.3) is 5.91 Å². The van der Waals surface area contributed by atoms with Crippen LogP contribution in [0.5, 0.6) is 0 Å². The third-order valence-corrected chi connectivity index (χ3v) is 4.62. The second-order valence-electron chi connectivity index (χ2n) is 5.33. The summed E-state index contributed by atoms with van der Waals surface area (Å²) in [4.78, 5) is 18.4. The molecule has 112 valence electrons. The number of pyridine rings is 1. The highest BCUT2D eigenvalue weighted by Crippen LogP contribution is 2.27. The van der Waals surface area contributed by atoms with Gasteiger partial charge in [-0.3, -0.25) is 4.79 Å². The number of nitrogens with zero attached hydrogens (tertiary/aromatic N) is 1. The molecule has 1 N–H and O–H groups in total. The summed E-state index contributed by atoms with van der Waals surface area (Å²) in [6.45, 7) is 4.08. The number of hydrogen-bond acceptors (Lipinski definition) is 3. The lowest BCUT2D eigenvalue weighted by atomic mass is 10.1. The van der Waals surface area contributed by atoms with Gasteiger partial charge < -0.3 is 5.32 Å². The molecule has 3 aromatic rings. The number of carbonyl (C=O) groups excluding carboxylic acids is 1. The molecule has 0 fully saturated rings. The van der Waals surface area contributed by atoms with Gasteiger partial charge in [-0.25, -0.2) is 4.98 Å². The van der Waals surface area contributed by atoms with Gasteiger partial charge in [-0.2, -0.15) is 0 Å². The van der Waals surface area contributed by atoms with Gasteiger partial charge in [0.1, 0.15) is 0 Å². The van der Waals surface area contributed by atoms with Gasteiger partial charge in [0.05, 0.1) is 21.7 Å². The van der Waals surface area contributed by atoms with E-state index in [1.807, 2.05) is 54.8 Å². The molecular weight excluding hydrogens is 292 g/mol. The highest BCUT2D eigenvalue weighted by Gasteiger charge is 2.15. The zero-order chi connectivity index (χ0) is 15.5. The lowest BCUT2D eigenvalue weighted by Gasteiger charge is -2.13. The van der Waals surface area contributed by atoms with Crippen molar-refractivity contribution in [1.29, 1.82) is 0 Å². The second-order valence-corrected chi connectivity index (χ2v) is 6.28. The molecule has 1 aromatic carbocycles. The van der Waals surface area contributed by atoms with Crippen molar-refractivity contribution in [3.63, 3.8) is 0 Å². The standard InChI is InChI=1S/C18H18N2OS/c1-3-12(2)19-18(21)14-11-16(17-9-6-10-22-17)20-15-8-5-4-7-13(14)15/h4-12H,3H2,1-2H3,(H,19,21). The predicted octanol–water partition coefficient (Wildman–Crippen LogP) is 4.49. The van der Waals surface area contributed by atoms with Crippen molar-refractivity contribution >= 4 is 28.1 Å². The Morgan fingerprint density at radius 1 is 1.27 bits per heavy atom. The fraction of sp³-hybridized carbons (Fsp3) is 0.222. The van der Waals surface area contributed by atoms with Crippen LogP contribution in [0.25, 0.3) is 21.5 Å². The van der Waals surface area contributed by atoms with Crippen LogP contribution in [-0.2, 0) is 0 Å². The molecule has 0 aliphatic carbocycles. The van der Waals surface area contributed by atoms with Gasteiger partial charge >= 0.3 is 0 Å². The maximum atomic E-state index is 12.6. The molecule has 22 heavy (non-hydrogen) atoms. The number of para-hydroxylation sites is 1. The first kappa shape index (κ1) is 14.7. The van der Waals surface area contributed by atoms with Crippen molar-refractivity contribution < 1.29 is 4.79 Å². The van der Waals surface area contributed by atoms with Gasteiger partial charge in [-0.15, -0.1) is 11.3 Å². The first-order valence-electron chi connectivity index (χ1n) is 7.43. The quantitative estimate of drug-likeness (QED) is 0.771. The van der Waals surface area contributed by atoms with E-state index in [-0.39, 0.29) is 11.9 Å². The number of aromatic nitrogens is 1. The van der Waals surface area contributed by atoms with Crippen molar-refractivity contribution in [3.05, 3.63) is 53.4 Å². The van der Waals surface area contributed by atoms with E-state index in [4.69, 9.17) is 4.98 Å².